The van der Waals surface area contributed by atoms with Crippen LogP contribution in [0.2, 0.25) is 0 Å². The average molecular weight is 563 g/mol. The fourth-order valence-electron chi connectivity index (χ4n) is 3.97. The van der Waals surface area contributed by atoms with E-state index in [4.69, 9.17) is 13.8 Å². The van der Waals surface area contributed by atoms with E-state index in [0.29, 0.717) is 25.8 Å². The molecule has 1 aliphatic rings. The zero-order valence-electron chi connectivity index (χ0n) is 23.3. The van der Waals surface area contributed by atoms with Gasteiger partial charge in [0.1, 0.15) is 24.9 Å². The SMILES string of the molecule is CCCCC(CO[P+](=O)OCCC(=O)[C@]1(C(=O)O)CCCN1)NC(=O)[C@H](CCCC)NC(=O)OC(C)(C)C. The molecule has 1 heterocycles. The summed E-state index contributed by atoms with van der Waals surface area (Å²) >= 11 is 0. The van der Waals surface area contributed by atoms with Crippen LogP contribution in [0.3, 0.4) is 0 Å². The Labute approximate surface area is 226 Å². The minimum Gasteiger partial charge on any atom is -0.480 e. The monoisotopic (exact) mass is 562 g/mol. The van der Waals surface area contributed by atoms with Crippen LogP contribution in [0.15, 0.2) is 0 Å². The molecule has 1 rings (SSSR count). The summed E-state index contributed by atoms with van der Waals surface area (Å²) in [6.07, 6.45) is 4.07. The summed E-state index contributed by atoms with van der Waals surface area (Å²) in [6.45, 7) is 9.28. The van der Waals surface area contributed by atoms with Crippen molar-refractivity contribution in [1.82, 2.24) is 16.0 Å². The number of hydrogen-bond acceptors (Lipinski definition) is 9. The molecule has 4 N–H and O–H groups in total. The van der Waals surface area contributed by atoms with Crippen molar-refractivity contribution in [3.8, 4) is 0 Å². The van der Waals surface area contributed by atoms with Gasteiger partial charge in [0.25, 0.3) is 0 Å². The third-order valence-electron chi connectivity index (χ3n) is 6.01. The molecule has 0 saturated carbocycles. The lowest BCUT2D eigenvalue weighted by molar-refractivity contribution is -0.149. The van der Waals surface area contributed by atoms with Crippen LogP contribution in [-0.2, 0) is 32.7 Å². The van der Waals surface area contributed by atoms with Crippen molar-refractivity contribution in [3.05, 3.63) is 0 Å². The van der Waals surface area contributed by atoms with Crippen LogP contribution in [0.5, 0.6) is 0 Å². The van der Waals surface area contributed by atoms with Gasteiger partial charge in [0, 0.05) is 11.0 Å². The molecule has 38 heavy (non-hydrogen) atoms. The van der Waals surface area contributed by atoms with Crippen molar-refractivity contribution in [2.24, 2.45) is 0 Å². The highest BCUT2D eigenvalue weighted by atomic mass is 31.1. The standard InChI is InChI=1S/C25H44N3O9P/c1-6-8-11-18(27-21(30)19(12-9-7-2)28-23(33)37-24(3,4)5)17-36-38(34)35-16-13-20(29)25(22(31)32)14-10-15-26-25/h18-19,26H,6-17H2,1-5H3,(H2-,27,28,30,31,32,33)/p+1/t18?,19-,25-/m0/s1. The summed E-state index contributed by atoms with van der Waals surface area (Å²) < 4.78 is 28.0. The average Bonchev–Trinajstić information content (AvgIpc) is 3.33. The third kappa shape index (κ3) is 12.1. The van der Waals surface area contributed by atoms with Gasteiger partial charge in [-0.15, -0.1) is 9.05 Å². The van der Waals surface area contributed by atoms with Gasteiger partial charge in [-0.25, -0.2) is 9.59 Å². The van der Waals surface area contributed by atoms with Crippen LogP contribution >= 0.6 is 8.25 Å². The van der Waals surface area contributed by atoms with E-state index in [1.165, 1.54) is 0 Å². The van der Waals surface area contributed by atoms with Crippen molar-refractivity contribution in [2.45, 2.75) is 116 Å². The number of carboxylic acid groups (broad SMARTS) is 1. The molecule has 0 bridgehead atoms. The van der Waals surface area contributed by atoms with Crippen molar-refractivity contribution >= 4 is 32.0 Å². The van der Waals surface area contributed by atoms with Crippen LogP contribution in [0.1, 0.15) is 92.4 Å². The first-order valence-electron chi connectivity index (χ1n) is 13.4. The molecule has 12 nitrogen and oxygen atoms in total. The highest BCUT2D eigenvalue weighted by Crippen LogP contribution is 2.27. The molecule has 1 fully saturated rings. The maximum Gasteiger partial charge on any atom is 0.697 e. The van der Waals surface area contributed by atoms with Gasteiger partial charge in [-0.1, -0.05) is 39.5 Å². The maximum atomic E-state index is 13.0. The minimum absolute atomic E-state index is 0.0948. The number of Topliss-reactive ketones (excluding diaryl/α,β-unsaturated/α-hetero) is 1. The number of amides is 2. The van der Waals surface area contributed by atoms with Gasteiger partial charge in [-0.05, 0) is 53.0 Å². The quantitative estimate of drug-likeness (QED) is 0.143. The van der Waals surface area contributed by atoms with Crippen LogP contribution in [-0.4, -0.2) is 71.8 Å². The molecule has 0 aliphatic carbocycles. The number of carbonyl (C=O) groups is 4. The lowest BCUT2D eigenvalue weighted by atomic mass is 9.90. The highest BCUT2D eigenvalue weighted by molar-refractivity contribution is 7.33. The number of alkyl carbamates (subject to hydrolysis) is 1. The van der Waals surface area contributed by atoms with E-state index in [-0.39, 0.29) is 26.1 Å². The fourth-order valence-corrected chi connectivity index (χ4v) is 4.59. The van der Waals surface area contributed by atoms with Gasteiger partial charge in [0.15, 0.2) is 11.3 Å². The molecular formula is C25H45N3O9P+. The Bertz CT molecular complexity index is 810. The largest absolute Gasteiger partial charge is 0.697 e. The van der Waals surface area contributed by atoms with E-state index in [1.54, 1.807) is 20.8 Å². The molecule has 1 saturated heterocycles. The molecule has 0 aromatic carbocycles. The second kappa shape index (κ2) is 16.7. The molecule has 13 heteroatoms. The Morgan fingerprint density at radius 2 is 1.71 bits per heavy atom. The molecule has 2 unspecified atom stereocenters. The first kappa shape index (κ1) is 33.9. The zero-order chi connectivity index (χ0) is 28.8. The van der Waals surface area contributed by atoms with E-state index in [1.807, 2.05) is 13.8 Å². The Morgan fingerprint density at radius 3 is 2.26 bits per heavy atom. The van der Waals surface area contributed by atoms with Gasteiger partial charge in [0.05, 0.1) is 6.04 Å². The molecular weight excluding hydrogens is 517 g/mol. The second-order valence-corrected chi connectivity index (χ2v) is 11.4. The Morgan fingerprint density at radius 1 is 1.05 bits per heavy atom. The van der Waals surface area contributed by atoms with Crippen molar-refractivity contribution < 1.29 is 42.6 Å². The smallest absolute Gasteiger partial charge is 0.480 e. The number of unbranched alkanes of at least 4 members (excludes halogenated alkanes) is 2. The van der Waals surface area contributed by atoms with E-state index >= 15 is 0 Å². The maximum absolute atomic E-state index is 13.0. The molecule has 0 aromatic rings. The third-order valence-corrected chi connectivity index (χ3v) is 6.76. The first-order valence-corrected chi connectivity index (χ1v) is 14.5. The molecule has 0 spiro atoms. The molecule has 1 aliphatic heterocycles. The van der Waals surface area contributed by atoms with Crippen LogP contribution in [0.25, 0.3) is 0 Å². The first-order chi connectivity index (χ1) is 17.8. The minimum atomic E-state index is -2.59. The fraction of sp³-hybridized carbons (Fsp3) is 0.840. The Balaban J connectivity index is 2.63. The molecule has 218 valence electrons. The second-order valence-electron chi connectivity index (χ2n) is 10.5. The zero-order valence-corrected chi connectivity index (χ0v) is 24.2. The highest BCUT2D eigenvalue weighted by Gasteiger charge is 2.47. The topological polar surface area (TPSA) is 169 Å². The summed E-state index contributed by atoms with van der Waals surface area (Å²) in [5.41, 5.74) is -2.32. The van der Waals surface area contributed by atoms with Gasteiger partial charge >= 0.3 is 20.3 Å². The number of rotatable bonds is 18. The van der Waals surface area contributed by atoms with Crippen molar-refractivity contribution in [3.63, 3.8) is 0 Å². The van der Waals surface area contributed by atoms with Crippen LogP contribution in [0, 0.1) is 0 Å². The van der Waals surface area contributed by atoms with E-state index in [9.17, 15) is 28.8 Å². The summed E-state index contributed by atoms with van der Waals surface area (Å²) in [5, 5.41) is 17.7. The summed E-state index contributed by atoms with van der Waals surface area (Å²) in [5.74, 6) is -2.15. The summed E-state index contributed by atoms with van der Waals surface area (Å²) in [7, 11) is -2.59. The Hall–Kier alpha value is -2.14. The van der Waals surface area contributed by atoms with Gasteiger partial charge in [0.2, 0.25) is 5.91 Å². The van der Waals surface area contributed by atoms with Gasteiger partial charge in [-0.3, -0.25) is 14.9 Å². The number of hydrogen-bond donors (Lipinski definition) is 4. The number of ether oxygens (including phenoxy) is 1. The lowest BCUT2D eigenvalue weighted by Gasteiger charge is -2.25. The molecule has 0 aromatic heterocycles. The number of carboxylic acids is 1. The Kier molecular flexibility index (Phi) is 14.9. The summed E-state index contributed by atoms with van der Waals surface area (Å²) in [6, 6.07) is -1.27. The number of carbonyl (C=O) groups excluding carboxylic acids is 3. The van der Waals surface area contributed by atoms with Crippen molar-refractivity contribution in [1.29, 1.82) is 0 Å². The van der Waals surface area contributed by atoms with Crippen molar-refractivity contribution in [2.75, 3.05) is 19.8 Å². The van der Waals surface area contributed by atoms with E-state index in [2.05, 4.69) is 16.0 Å². The van der Waals surface area contributed by atoms with E-state index in [0.717, 1.165) is 25.7 Å². The predicted octanol–water partition coefficient (Wildman–Crippen LogP) is 3.60. The molecule has 2 amide bonds. The number of ketones is 1. The predicted molar refractivity (Wildman–Crippen MR) is 141 cm³/mol. The number of aliphatic carboxylic acids is 1. The number of nitrogens with one attached hydrogen (secondary N) is 3. The van der Waals surface area contributed by atoms with Gasteiger partial charge < -0.3 is 20.5 Å². The van der Waals surface area contributed by atoms with E-state index < -0.39 is 55.2 Å². The lowest BCUT2D eigenvalue weighted by Crippen LogP contribution is -2.54. The summed E-state index contributed by atoms with van der Waals surface area (Å²) in [4.78, 5) is 49.3. The molecule has 4 atom stereocenters. The van der Waals surface area contributed by atoms with Gasteiger partial charge in [-0.2, -0.15) is 0 Å². The normalized spacial score (nSPS) is 19.3. The molecule has 0 radical (unpaired) electrons. The van der Waals surface area contributed by atoms with Crippen LogP contribution < -0.4 is 16.0 Å². The van der Waals surface area contributed by atoms with Crippen LogP contribution in [0.4, 0.5) is 4.79 Å².